The summed E-state index contributed by atoms with van der Waals surface area (Å²) in [4.78, 5) is 11.7. The molecule has 94 valence electrons. The van der Waals surface area contributed by atoms with Crippen molar-refractivity contribution in [1.29, 1.82) is 0 Å². The average molecular weight is 226 g/mol. The maximum atomic E-state index is 11.7. The quantitative estimate of drug-likeness (QED) is 0.752. The minimum atomic E-state index is 0.000939. The number of carbonyl (C=O) groups excluding carboxylic acids is 1. The summed E-state index contributed by atoms with van der Waals surface area (Å²) in [6.45, 7) is 5.63. The molecule has 1 aliphatic carbocycles. The van der Waals surface area contributed by atoms with E-state index in [-0.39, 0.29) is 11.8 Å². The van der Waals surface area contributed by atoms with Crippen molar-refractivity contribution < 1.29 is 4.79 Å². The Kier molecular flexibility index (Phi) is 5.81. The Morgan fingerprint density at radius 2 is 2.25 bits per heavy atom. The normalized spacial score (nSPS) is 27.4. The highest BCUT2D eigenvalue weighted by atomic mass is 16.1. The van der Waals surface area contributed by atoms with Crippen LogP contribution in [0.25, 0.3) is 0 Å². The van der Waals surface area contributed by atoms with Crippen LogP contribution in [0.1, 0.15) is 46.0 Å². The van der Waals surface area contributed by atoms with Crippen molar-refractivity contribution in [2.24, 2.45) is 23.5 Å². The third-order valence-corrected chi connectivity index (χ3v) is 3.76. The van der Waals surface area contributed by atoms with Crippen LogP contribution in [0.15, 0.2) is 0 Å². The van der Waals surface area contributed by atoms with E-state index in [1.54, 1.807) is 0 Å². The smallest absolute Gasteiger partial charge is 0.224 e. The van der Waals surface area contributed by atoms with Crippen LogP contribution in [0.3, 0.4) is 0 Å². The molecule has 0 saturated heterocycles. The van der Waals surface area contributed by atoms with Crippen LogP contribution in [0.4, 0.5) is 0 Å². The predicted octanol–water partition coefficient (Wildman–Crippen LogP) is 1.91. The maximum absolute atomic E-state index is 11.7. The van der Waals surface area contributed by atoms with Crippen LogP contribution in [0.5, 0.6) is 0 Å². The Labute approximate surface area is 99.2 Å². The summed E-state index contributed by atoms with van der Waals surface area (Å²) in [6, 6.07) is 0. The second-order valence-corrected chi connectivity index (χ2v) is 5.22. The summed E-state index contributed by atoms with van der Waals surface area (Å²) < 4.78 is 0. The highest BCUT2D eigenvalue weighted by Gasteiger charge is 2.20. The van der Waals surface area contributed by atoms with Gasteiger partial charge in [-0.2, -0.15) is 0 Å². The summed E-state index contributed by atoms with van der Waals surface area (Å²) >= 11 is 0. The molecule has 0 radical (unpaired) electrons. The summed E-state index contributed by atoms with van der Waals surface area (Å²) in [5, 5.41) is 3.06. The van der Waals surface area contributed by atoms with Gasteiger partial charge in [0, 0.05) is 19.0 Å². The number of rotatable bonds is 5. The zero-order valence-corrected chi connectivity index (χ0v) is 10.7. The lowest BCUT2D eigenvalue weighted by Crippen LogP contribution is -2.38. The average Bonchev–Trinajstić information content (AvgIpc) is 2.28. The highest BCUT2D eigenvalue weighted by Crippen LogP contribution is 2.27. The van der Waals surface area contributed by atoms with Gasteiger partial charge in [0.05, 0.1) is 0 Å². The molecular formula is C13H26N2O. The van der Waals surface area contributed by atoms with Gasteiger partial charge in [-0.3, -0.25) is 4.79 Å². The van der Waals surface area contributed by atoms with Crippen molar-refractivity contribution in [3.05, 3.63) is 0 Å². The lowest BCUT2D eigenvalue weighted by atomic mass is 9.82. The van der Waals surface area contributed by atoms with Crippen LogP contribution in [-0.2, 0) is 4.79 Å². The molecule has 3 unspecified atom stereocenters. The summed E-state index contributed by atoms with van der Waals surface area (Å²) in [7, 11) is 0. The van der Waals surface area contributed by atoms with Crippen LogP contribution in [0, 0.1) is 17.8 Å². The van der Waals surface area contributed by atoms with Crippen molar-refractivity contribution in [2.75, 3.05) is 13.1 Å². The zero-order chi connectivity index (χ0) is 12.0. The molecule has 3 atom stereocenters. The molecule has 3 heteroatoms. The largest absolute Gasteiger partial charge is 0.356 e. The van der Waals surface area contributed by atoms with E-state index in [1.807, 2.05) is 6.92 Å². The molecule has 0 aromatic carbocycles. The number of hydrogen-bond donors (Lipinski definition) is 2. The first-order valence-electron chi connectivity index (χ1n) is 6.65. The van der Waals surface area contributed by atoms with E-state index in [1.165, 1.54) is 25.7 Å². The molecule has 16 heavy (non-hydrogen) atoms. The topological polar surface area (TPSA) is 55.1 Å². The highest BCUT2D eigenvalue weighted by molar-refractivity contribution is 5.78. The Bertz CT molecular complexity index is 214. The van der Waals surface area contributed by atoms with Gasteiger partial charge in [-0.05, 0) is 31.1 Å². The first-order valence-corrected chi connectivity index (χ1v) is 6.65. The van der Waals surface area contributed by atoms with Gasteiger partial charge in [0.25, 0.3) is 0 Å². The minimum absolute atomic E-state index is 0.000939. The minimum Gasteiger partial charge on any atom is -0.356 e. The van der Waals surface area contributed by atoms with E-state index in [2.05, 4.69) is 12.2 Å². The fraction of sp³-hybridized carbons (Fsp3) is 0.923. The lowest BCUT2D eigenvalue weighted by molar-refractivity contribution is -0.125. The number of hydrogen-bond acceptors (Lipinski definition) is 2. The zero-order valence-electron chi connectivity index (χ0n) is 10.7. The molecular weight excluding hydrogens is 200 g/mol. The van der Waals surface area contributed by atoms with E-state index < -0.39 is 0 Å². The predicted molar refractivity (Wildman–Crippen MR) is 67.0 cm³/mol. The molecule has 0 aromatic rings. The summed E-state index contributed by atoms with van der Waals surface area (Å²) in [5.74, 6) is 1.65. The molecule has 1 amide bonds. The molecule has 3 N–H and O–H groups in total. The fourth-order valence-electron chi connectivity index (χ4n) is 2.59. The second-order valence-electron chi connectivity index (χ2n) is 5.22. The molecule has 0 spiro atoms. The Morgan fingerprint density at radius 1 is 1.50 bits per heavy atom. The third-order valence-electron chi connectivity index (χ3n) is 3.76. The van der Waals surface area contributed by atoms with Crippen LogP contribution < -0.4 is 11.1 Å². The van der Waals surface area contributed by atoms with E-state index in [9.17, 15) is 4.79 Å². The van der Waals surface area contributed by atoms with Gasteiger partial charge in [-0.25, -0.2) is 0 Å². The molecule has 1 aliphatic rings. The summed E-state index contributed by atoms with van der Waals surface area (Å²) in [6.07, 6.45) is 6.04. The SMILES string of the molecule is CCC(CN)C(=O)NCC1CCCC(C)C1. The van der Waals surface area contributed by atoms with Crippen molar-refractivity contribution in [3.8, 4) is 0 Å². The van der Waals surface area contributed by atoms with E-state index in [0.29, 0.717) is 12.5 Å². The number of amides is 1. The van der Waals surface area contributed by atoms with Crippen molar-refractivity contribution in [1.82, 2.24) is 5.32 Å². The molecule has 0 heterocycles. The van der Waals surface area contributed by atoms with Crippen LogP contribution >= 0.6 is 0 Å². The van der Waals surface area contributed by atoms with Gasteiger partial charge in [0.2, 0.25) is 5.91 Å². The van der Waals surface area contributed by atoms with Gasteiger partial charge in [0.1, 0.15) is 0 Å². The molecule has 1 saturated carbocycles. The Morgan fingerprint density at radius 3 is 2.81 bits per heavy atom. The lowest BCUT2D eigenvalue weighted by Gasteiger charge is -2.27. The van der Waals surface area contributed by atoms with Crippen molar-refractivity contribution >= 4 is 5.91 Å². The van der Waals surface area contributed by atoms with Gasteiger partial charge in [0.15, 0.2) is 0 Å². The third kappa shape index (κ3) is 4.12. The first kappa shape index (κ1) is 13.5. The molecule has 0 aromatic heterocycles. The van der Waals surface area contributed by atoms with Gasteiger partial charge < -0.3 is 11.1 Å². The Hall–Kier alpha value is -0.570. The Balaban J connectivity index is 2.25. The second kappa shape index (κ2) is 6.89. The molecule has 0 aliphatic heterocycles. The summed E-state index contributed by atoms with van der Waals surface area (Å²) in [5.41, 5.74) is 5.55. The molecule has 1 fully saturated rings. The first-order chi connectivity index (χ1) is 7.67. The van der Waals surface area contributed by atoms with Crippen molar-refractivity contribution in [2.45, 2.75) is 46.0 Å². The van der Waals surface area contributed by atoms with E-state index >= 15 is 0 Å². The standard InChI is InChI=1S/C13H26N2O/c1-3-12(8-14)13(16)15-9-11-6-4-5-10(2)7-11/h10-12H,3-9,14H2,1-2H3,(H,15,16). The molecule has 3 nitrogen and oxygen atoms in total. The van der Waals surface area contributed by atoms with Gasteiger partial charge >= 0.3 is 0 Å². The monoisotopic (exact) mass is 226 g/mol. The fourth-order valence-corrected chi connectivity index (χ4v) is 2.59. The van der Waals surface area contributed by atoms with Crippen molar-refractivity contribution in [3.63, 3.8) is 0 Å². The van der Waals surface area contributed by atoms with E-state index in [4.69, 9.17) is 5.73 Å². The molecule has 0 bridgehead atoms. The van der Waals surface area contributed by atoms with Crippen LogP contribution in [-0.4, -0.2) is 19.0 Å². The van der Waals surface area contributed by atoms with Gasteiger partial charge in [-0.15, -0.1) is 0 Å². The maximum Gasteiger partial charge on any atom is 0.224 e. The number of carbonyl (C=O) groups is 1. The van der Waals surface area contributed by atoms with Crippen LogP contribution in [0.2, 0.25) is 0 Å². The molecule has 1 rings (SSSR count). The number of nitrogens with two attached hydrogens (primary N) is 1. The van der Waals surface area contributed by atoms with E-state index in [0.717, 1.165) is 18.9 Å². The van der Waals surface area contributed by atoms with Gasteiger partial charge in [-0.1, -0.05) is 26.7 Å². The number of nitrogens with one attached hydrogen (secondary N) is 1.